The number of nitrogens with zero attached hydrogens (tertiary/aromatic N) is 1. The average Bonchev–Trinajstić information content (AvgIpc) is 2.78. The van der Waals surface area contributed by atoms with Crippen molar-refractivity contribution in [3.63, 3.8) is 0 Å². The van der Waals surface area contributed by atoms with Crippen molar-refractivity contribution in [1.29, 1.82) is 0 Å². The van der Waals surface area contributed by atoms with E-state index in [1.807, 2.05) is 18.6 Å². The fraction of sp³-hybridized carbons (Fsp3) is 0.417. The van der Waals surface area contributed by atoms with Gasteiger partial charge in [0.1, 0.15) is 6.04 Å². The molecular formula is C12H14NO3. The van der Waals surface area contributed by atoms with Crippen molar-refractivity contribution in [2.45, 2.75) is 25.3 Å². The highest BCUT2D eigenvalue weighted by Crippen LogP contribution is 2.21. The van der Waals surface area contributed by atoms with E-state index in [2.05, 4.69) is 0 Å². The lowest BCUT2D eigenvalue weighted by molar-refractivity contribution is -0.146. The van der Waals surface area contributed by atoms with E-state index >= 15 is 0 Å². The fourth-order valence-corrected chi connectivity index (χ4v) is 2.10. The quantitative estimate of drug-likeness (QED) is 0.759. The summed E-state index contributed by atoms with van der Waals surface area (Å²) < 4.78 is 0. The minimum absolute atomic E-state index is 0.158. The second kappa shape index (κ2) is 4.51. The van der Waals surface area contributed by atoms with E-state index in [1.54, 1.807) is 6.08 Å². The van der Waals surface area contributed by atoms with Crippen LogP contribution >= 0.6 is 0 Å². The van der Waals surface area contributed by atoms with Crippen LogP contribution in [0.2, 0.25) is 0 Å². The summed E-state index contributed by atoms with van der Waals surface area (Å²) in [6.07, 6.45) is 9.43. The Morgan fingerprint density at radius 3 is 2.88 bits per heavy atom. The molecule has 4 nitrogen and oxygen atoms in total. The van der Waals surface area contributed by atoms with Gasteiger partial charge in [-0.1, -0.05) is 18.2 Å². The number of carboxylic acid groups (broad SMARTS) is 1. The maximum atomic E-state index is 12.0. The second-order valence-electron chi connectivity index (χ2n) is 3.98. The molecule has 85 valence electrons. The van der Waals surface area contributed by atoms with Crippen LogP contribution in [0.1, 0.15) is 19.3 Å². The van der Waals surface area contributed by atoms with E-state index < -0.39 is 12.0 Å². The second-order valence-corrected chi connectivity index (χ2v) is 3.98. The minimum atomic E-state index is -0.905. The number of hydrogen-bond acceptors (Lipinski definition) is 2. The molecule has 1 heterocycles. The first kappa shape index (κ1) is 10.9. The Balaban J connectivity index is 2.12. The first-order valence-corrected chi connectivity index (χ1v) is 5.44. The van der Waals surface area contributed by atoms with Gasteiger partial charge in [0.2, 0.25) is 0 Å². The first-order valence-electron chi connectivity index (χ1n) is 5.44. The van der Waals surface area contributed by atoms with Crippen molar-refractivity contribution in [3.8, 4) is 0 Å². The highest BCUT2D eigenvalue weighted by Gasteiger charge is 2.34. The maximum absolute atomic E-state index is 12.0. The molecule has 1 aliphatic heterocycles. The number of carbonyl (C=O) groups is 2. The van der Waals surface area contributed by atoms with Crippen molar-refractivity contribution in [3.05, 3.63) is 30.2 Å². The largest absolute Gasteiger partial charge is 0.480 e. The molecule has 1 saturated heterocycles. The zero-order chi connectivity index (χ0) is 11.5. The molecular weight excluding hydrogens is 206 g/mol. The first-order chi connectivity index (χ1) is 7.70. The van der Waals surface area contributed by atoms with Gasteiger partial charge in [-0.05, 0) is 25.7 Å². The van der Waals surface area contributed by atoms with E-state index in [0.717, 1.165) is 12.8 Å². The van der Waals surface area contributed by atoms with Gasteiger partial charge in [-0.25, -0.2) is 4.79 Å². The number of allylic oxidation sites excluding steroid dienone is 2. The monoisotopic (exact) mass is 220 g/mol. The molecule has 0 aromatic carbocycles. The van der Waals surface area contributed by atoms with E-state index in [1.165, 1.54) is 4.90 Å². The van der Waals surface area contributed by atoms with Gasteiger partial charge in [0.15, 0.2) is 0 Å². The molecule has 0 aromatic heterocycles. The van der Waals surface area contributed by atoms with Gasteiger partial charge in [-0.2, -0.15) is 0 Å². The molecule has 1 atom stereocenters. The van der Waals surface area contributed by atoms with Crippen molar-refractivity contribution in [2.75, 3.05) is 6.54 Å². The van der Waals surface area contributed by atoms with Crippen LogP contribution < -0.4 is 0 Å². The van der Waals surface area contributed by atoms with Gasteiger partial charge in [-0.15, -0.1) is 0 Å². The maximum Gasteiger partial charge on any atom is 0.326 e. The van der Waals surface area contributed by atoms with Crippen molar-refractivity contribution in [1.82, 2.24) is 4.90 Å². The molecule has 16 heavy (non-hydrogen) atoms. The van der Waals surface area contributed by atoms with E-state index in [4.69, 9.17) is 5.11 Å². The molecule has 0 aromatic rings. The minimum Gasteiger partial charge on any atom is -0.480 e. The Hall–Kier alpha value is -1.58. The molecule has 4 heteroatoms. The molecule has 0 bridgehead atoms. The number of aliphatic carboxylic acids is 1. The number of rotatable bonds is 2. The summed E-state index contributed by atoms with van der Waals surface area (Å²) in [4.78, 5) is 24.5. The summed E-state index contributed by atoms with van der Waals surface area (Å²) >= 11 is 0. The molecule has 0 saturated carbocycles. The Labute approximate surface area is 94.2 Å². The van der Waals surface area contributed by atoms with Crippen LogP contribution in [0.3, 0.4) is 0 Å². The van der Waals surface area contributed by atoms with E-state index in [-0.39, 0.29) is 5.91 Å². The predicted octanol–water partition coefficient (Wildman–Crippen LogP) is 1.15. The third kappa shape index (κ3) is 2.01. The van der Waals surface area contributed by atoms with Gasteiger partial charge in [0.25, 0.3) is 5.91 Å². The Kier molecular flexibility index (Phi) is 3.08. The SMILES string of the molecule is O=C(O)C1CCCN1C(=O)C1=CC[CH]C=C1. The Bertz CT molecular complexity index is 370. The van der Waals surface area contributed by atoms with Crippen LogP contribution in [0.15, 0.2) is 23.8 Å². The van der Waals surface area contributed by atoms with Crippen LogP contribution in [-0.4, -0.2) is 34.5 Å². The van der Waals surface area contributed by atoms with Gasteiger partial charge in [0, 0.05) is 12.1 Å². The highest BCUT2D eigenvalue weighted by atomic mass is 16.4. The molecule has 1 unspecified atom stereocenters. The molecule has 1 aliphatic carbocycles. The molecule has 1 fully saturated rings. The number of hydrogen-bond donors (Lipinski definition) is 1. The van der Waals surface area contributed by atoms with Crippen LogP contribution in [0.5, 0.6) is 0 Å². The van der Waals surface area contributed by atoms with Crippen molar-refractivity contribution < 1.29 is 14.7 Å². The fourth-order valence-electron chi connectivity index (χ4n) is 2.10. The molecule has 1 N–H and O–H groups in total. The van der Waals surface area contributed by atoms with Gasteiger partial charge in [-0.3, -0.25) is 4.79 Å². The zero-order valence-corrected chi connectivity index (χ0v) is 8.93. The van der Waals surface area contributed by atoms with Crippen LogP contribution in [0, 0.1) is 6.42 Å². The molecule has 2 aliphatic rings. The number of carbonyl (C=O) groups excluding carboxylic acids is 1. The summed E-state index contributed by atoms with van der Waals surface area (Å²) in [5, 5.41) is 8.99. The van der Waals surface area contributed by atoms with E-state index in [0.29, 0.717) is 18.5 Å². The lowest BCUT2D eigenvalue weighted by Gasteiger charge is -2.22. The predicted molar refractivity (Wildman–Crippen MR) is 58.5 cm³/mol. The molecule has 1 amide bonds. The zero-order valence-electron chi connectivity index (χ0n) is 8.93. The number of carboxylic acids is 1. The Morgan fingerprint density at radius 1 is 1.44 bits per heavy atom. The van der Waals surface area contributed by atoms with Crippen molar-refractivity contribution in [2.24, 2.45) is 0 Å². The smallest absolute Gasteiger partial charge is 0.326 e. The van der Waals surface area contributed by atoms with Crippen LogP contribution in [-0.2, 0) is 9.59 Å². The summed E-state index contributed by atoms with van der Waals surface area (Å²) in [7, 11) is 0. The lowest BCUT2D eigenvalue weighted by Crippen LogP contribution is -2.41. The third-order valence-corrected chi connectivity index (χ3v) is 2.93. The summed E-state index contributed by atoms with van der Waals surface area (Å²) in [5.74, 6) is -1.06. The molecule has 2 rings (SSSR count). The van der Waals surface area contributed by atoms with Crippen LogP contribution in [0.25, 0.3) is 0 Å². The summed E-state index contributed by atoms with van der Waals surface area (Å²) in [6, 6.07) is -0.646. The number of likely N-dealkylation sites (tertiary alicyclic amines) is 1. The molecule has 0 spiro atoms. The summed E-state index contributed by atoms with van der Waals surface area (Å²) in [6.45, 7) is 0.546. The van der Waals surface area contributed by atoms with E-state index in [9.17, 15) is 9.59 Å². The topological polar surface area (TPSA) is 57.6 Å². The van der Waals surface area contributed by atoms with Crippen molar-refractivity contribution >= 4 is 11.9 Å². The van der Waals surface area contributed by atoms with Crippen LogP contribution in [0.4, 0.5) is 0 Å². The number of amides is 1. The normalized spacial score (nSPS) is 24.4. The van der Waals surface area contributed by atoms with Gasteiger partial charge >= 0.3 is 5.97 Å². The van der Waals surface area contributed by atoms with Gasteiger partial charge < -0.3 is 10.0 Å². The third-order valence-electron chi connectivity index (χ3n) is 2.93. The standard InChI is InChI=1S/C12H14NO3/c14-11(9-5-2-1-3-6-9)13-8-4-7-10(13)12(15)16/h1-2,5-6,10H,3-4,7-8H2,(H,15,16). The summed E-state index contributed by atoms with van der Waals surface area (Å²) in [5.41, 5.74) is 0.607. The molecule has 1 radical (unpaired) electrons. The highest BCUT2D eigenvalue weighted by molar-refractivity contribution is 5.98. The van der Waals surface area contributed by atoms with Gasteiger partial charge in [0.05, 0.1) is 0 Å². The average molecular weight is 220 g/mol. The Morgan fingerprint density at radius 2 is 2.25 bits per heavy atom. The lowest BCUT2D eigenvalue weighted by atomic mass is 10.1.